The fraction of sp³-hybridized carbons (Fsp3) is 0.444. The number of carbonyl (C=O) groups excluding carboxylic acids is 1. The van der Waals surface area contributed by atoms with Crippen molar-refractivity contribution in [3.63, 3.8) is 0 Å². The van der Waals surface area contributed by atoms with Crippen molar-refractivity contribution in [2.24, 2.45) is 5.92 Å². The van der Waals surface area contributed by atoms with E-state index in [4.69, 9.17) is 0 Å². The lowest BCUT2D eigenvalue weighted by molar-refractivity contribution is 0.0931. The van der Waals surface area contributed by atoms with Crippen LogP contribution in [0.2, 0.25) is 0 Å². The summed E-state index contributed by atoms with van der Waals surface area (Å²) in [5.41, 5.74) is 2.09. The molecule has 128 valence electrons. The summed E-state index contributed by atoms with van der Waals surface area (Å²) in [6, 6.07) is 5.86. The third-order valence-electron chi connectivity index (χ3n) is 4.45. The maximum Gasteiger partial charge on any atom is 0.254 e. The summed E-state index contributed by atoms with van der Waals surface area (Å²) in [6.07, 6.45) is 5.97. The molecule has 0 aliphatic carbocycles. The van der Waals surface area contributed by atoms with Gasteiger partial charge in [0.15, 0.2) is 0 Å². The van der Waals surface area contributed by atoms with Crippen LogP contribution in [0.3, 0.4) is 0 Å². The number of likely N-dealkylation sites (tertiary alicyclic amines) is 1. The predicted octanol–water partition coefficient (Wildman–Crippen LogP) is 3.51. The first-order chi connectivity index (χ1) is 11.8. The minimum Gasteiger partial charge on any atom is -0.352 e. The molecule has 1 aliphatic heterocycles. The maximum atomic E-state index is 12.4. The number of amides is 1. The molecule has 0 atom stereocenters. The highest BCUT2D eigenvalue weighted by Crippen LogP contribution is 2.20. The molecule has 1 aliphatic rings. The number of pyridine rings is 1. The fourth-order valence-electron chi connectivity index (χ4n) is 3.05. The number of thioether (sulfide) groups is 1. The second-order valence-electron chi connectivity index (χ2n) is 6.12. The summed E-state index contributed by atoms with van der Waals surface area (Å²) in [7, 11) is 0. The molecule has 6 heteroatoms. The predicted molar refractivity (Wildman–Crippen MR) is 101 cm³/mol. The molecule has 0 unspecified atom stereocenters. The summed E-state index contributed by atoms with van der Waals surface area (Å²) in [4.78, 5) is 19.1. The van der Waals surface area contributed by atoms with Crippen LogP contribution in [0.4, 0.5) is 0 Å². The van der Waals surface area contributed by atoms with Crippen LogP contribution < -0.4 is 5.32 Å². The van der Waals surface area contributed by atoms with Gasteiger partial charge in [0.1, 0.15) is 5.03 Å². The molecular weight excluding hydrogens is 338 g/mol. The summed E-state index contributed by atoms with van der Waals surface area (Å²) < 4.78 is 0. The van der Waals surface area contributed by atoms with Gasteiger partial charge in [-0.25, -0.2) is 4.98 Å². The minimum absolute atomic E-state index is 0.00634. The van der Waals surface area contributed by atoms with Gasteiger partial charge in [-0.05, 0) is 72.6 Å². The monoisotopic (exact) mass is 361 g/mol. The van der Waals surface area contributed by atoms with E-state index in [1.54, 1.807) is 17.5 Å². The third-order valence-corrected chi connectivity index (χ3v) is 5.90. The molecule has 1 saturated heterocycles. The Balaban J connectivity index is 1.44. The van der Waals surface area contributed by atoms with Crippen LogP contribution in [0.25, 0.3) is 0 Å². The van der Waals surface area contributed by atoms with Crippen LogP contribution in [-0.2, 0) is 6.54 Å². The number of piperidine rings is 1. The average Bonchev–Trinajstić information content (AvgIpc) is 3.14. The molecule has 0 saturated carbocycles. The van der Waals surface area contributed by atoms with Crippen molar-refractivity contribution >= 4 is 29.0 Å². The van der Waals surface area contributed by atoms with Crippen molar-refractivity contribution in [3.05, 3.63) is 46.3 Å². The van der Waals surface area contributed by atoms with Gasteiger partial charge < -0.3 is 5.32 Å². The van der Waals surface area contributed by atoms with Crippen molar-refractivity contribution in [1.29, 1.82) is 0 Å². The lowest BCUT2D eigenvalue weighted by atomic mass is 9.96. The number of hydrogen-bond acceptors (Lipinski definition) is 5. The first-order valence-corrected chi connectivity index (χ1v) is 10.4. The van der Waals surface area contributed by atoms with Crippen LogP contribution in [0.15, 0.2) is 40.2 Å². The molecule has 0 spiro atoms. The lowest BCUT2D eigenvalue weighted by Crippen LogP contribution is -2.38. The Bertz CT molecular complexity index is 652. The molecule has 2 aromatic heterocycles. The third kappa shape index (κ3) is 4.59. The van der Waals surface area contributed by atoms with Gasteiger partial charge in [0, 0.05) is 19.3 Å². The first kappa shape index (κ1) is 17.5. The van der Waals surface area contributed by atoms with Crippen molar-refractivity contribution in [3.8, 4) is 0 Å². The summed E-state index contributed by atoms with van der Waals surface area (Å²) in [5.74, 6) is 0.565. The van der Waals surface area contributed by atoms with E-state index < -0.39 is 0 Å². The van der Waals surface area contributed by atoms with E-state index in [1.807, 2.05) is 18.4 Å². The zero-order valence-electron chi connectivity index (χ0n) is 13.9. The van der Waals surface area contributed by atoms with Crippen LogP contribution in [0, 0.1) is 5.92 Å². The molecule has 1 fully saturated rings. The van der Waals surface area contributed by atoms with Crippen LogP contribution in [0.1, 0.15) is 28.8 Å². The number of carbonyl (C=O) groups is 1. The van der Waals surface area contributed by atoms with Gasteiger partial charge in [0.2, 0.25) is 0 Å². The average molecular weight is 362 g/mol. The standard InChI is InChI=1S/C18H23N3OS2/c1-23-18-16(3-2-7-19-18)17(22)20-11-14-4-8-21(9-5-14)12-15-6-10-24-13-15/h2-3,6-7,10,13-14H,4-5,8-9,11-12H2,1H3,(H,20,22). The molecule has 3 rings (SSSR count). The summed E-state index contributed by atoms with van der Waals surface area (Å²) in [5, 5.41) is 8.25. The van der Waals surface area contributed by atoms with Crippen molar-refractivity contribution in [2.75, 3.05) is 25.9 Å². The number of thiophene rings is 1. The summed E-state index contributed by atoms with van der Waals surface area (Å²) in [6.45, 7) is 4.03. The smallest absolute Gasteiger partial charge is 0.254 e. The Labute approximate surface area is 151 Å². The van der Waals surface area contributed by atoms with E-state index in [2.05, 4.69) is 32.0 Å². The van der Waals surface area contributed by atoms with Gasteiger partial charge in [-0.3, -0.25) is 9.69 Å². The Kier molecular flexibility index (Phi) is 6.29. The van der Waals surface area contributed by atoms with Gasteiger partial charge >= 0.3 is 0 Å². The highest BCUT2D eigenvalue weighted by atomic mass is 32.2. The van der Waals surface area contributed by atoms with Gasteiger partial charge in [0.05, 0.1) is 5.56 Å². The van der Waals surface area contributed by atoms with Gasteiger partial charge in [-0.1, -0.05) is 0 Å². The van der Waals surface area contributed by atoms with Crippen LogP contribution >= 0.6 is 23.1 Å². The van der Waals surface area contributed by atoms with Crippen molar-refractivity contribution in [1.82, 2.24) is 15.2 Å². The van der Waals surface area contributed by atoms with E-state index in [0.29, 0.717) is 11.5 Å². The fourth-order valence-corrected chi connectivity index (χ4v) is 4.25. The van der Waals surface area contributed by atoms with E-state index in [9.17, 15) is 4.79 Å². The Morgan fingerprint density at radius 3 is 2.96 bits per heavy atom. The molecule has 0 bridgehead atoms. The molecule has 4 nitrogen and oxygen atoms in total. The van der Waals surface area contributed by atoms with E-state index in [1.165, 1.54) is 17.3 Å². The van der Waals surface area contributed by atoms with Crippen LogP contribution in [0.5, 0.6) is 0 Å². The number of rotatable bonds is 6. The summed E-state index contributed by atoms with van der Waals surface area (Å²) >= 11 is 3.27. The molecule has 0 radical (unpaired) electrons. The molecule has 1 N–H and O–H groups in total. The largest absolute Gasteiger partial charge is 0.352 e. The van der Waals surface area contributed by atoms with E-state index in [0.717, 1.165) is 44.0 Å². The Hall–Kier alpha value is -1.37. The lowest BCUT2D eigenvalue weighted by Gasteiger charge is -2.31. The topological polar surface area (TPSA) is 45.2 Å². The molecule has 3 heterocycles. The normalized spacial score (nSPS) is 16.2. The molecule has 24 heavy (non-hydrogen) atoms. The van der Waals surface area contributed by atoms with Gasteiger partial charge in [-0.15, -0.1) is 11.8 Å². The maximum absolute atomic E-state index is 12.4. The number of aromatic nitrogens is 1. The molecule has 0 aromatic carbocycles. The Morgan fingerprint density at radius 2 is 2.25 bits per heavy atom. The van der Waals surface area contributed by atoms with Gasteiger partial charge in [-0.2, -0.15) is 11.3 Å². The molecular formula is C18H23N3OS2. The second kappa shape index (κ2) is 8.65. The highest BCUT2D eigenvalue weighted by molar-refractivity contribution is 7.98. The first-order valence-electron chi connectivity index (χ1n) is 8.27. The quantitative estimate of drug-likeness (QED) is 0.800. The van der Waals surface area contributed by atoms with Crippen LogP contribution in [-0.4, -0.2) is 41.7 Å². The number of nitrogens with zero attached hydrogens (tertiary/aromatic N) is 2. The van der Waals surface area contributed by atoms with Gasteiger partial charge in [0.25, 0.3) is 5.91 Å². The Morgan fingerprint density at radius 1 is 1.42 bits per heavy atom. The highest BCUT2D eigenvalue weighted by Gasteiger charge is 2.20. The zero-order chi connectivity index (χ0) is 16.8. The zero-order valence-corrected chi connectivity index (χ0v) is 15.5. The van der Waals surface area contributed by atoms with Crippen molar-refractivity contribution in [2.45, 2.75) is 24.4 Å². The SMILES string of the molecule is CSc1ncccc1C(=O)NCC1CCN(Cc2ccsc2)CC1. The minimum atomic E-state index is -0.00634. The second-order valence-corrected chi connectivity index (χ2v) is 7.70. The number of nitrogens with one attached hydrogen (secondary N) is 1. The van der Waals surface area contributed by atoms with E-state index in [-0.39, 0.29) is 5.91 Å². The molecule has 1 amide bonds. The van der Waals surface area contributed by atoms with Crippen molar-refractivity contribution < 1.29 is 4.79 Å². The molecule has 2 aromatic rings. The number of hydrogen-bond donors (Lipinski definition) is 1. The van der Waals surface area contributed by atoms with E-state index >= 15 is 0 Å².